The van der Waals surface area contributed by atoms with Crippen molar-refractivity contribution in [3.63, 3.8) is 0 Å². The van der Waals surface area contributed by atoms with Gasteiger partial charge < -0.3 is 20.3 Å². The van der Waals surface area contributed by atoms with Gasteiger partial charge in [0.05, 0.1) is 19.9 Å². The molecule has 0 spiro atoms. The number of rotatable bonds is 5. The van der Waals surface area contributed by atoms with Gasteiger partial charge in [0, 0.05) is 6.42 Å². The van der Waals surface area contributed by atoms with Crippen molar-refractivity contribution in [3.05, 3.63) is 35.4 Å². The summed E-state index contributed by atoms with van der Waals surface area (Å²) in [5.74, 6) is 1.33. The van der Waals surface area contributed by atoms with Gasteiger partial charge in [-0.05, 0) is 11.6 Å². The second-order valence-corrected chi connectivity index (χ2v) is 4.02. The first-order valence-electron chi connectivity index (χ1n) is 5.98. The number of benzene rings is 1. The third-order valence-electron chi connectivity index (χ3n) is 2.76. The van der Waals surface area contributed by atoms with Crippen molar-refractivity contribution < 1.29 is 14.6 Å². The summed E-state index contributed by atoms with van der Waals surface area (Å²) in [6.07, 6.45) is 0.398. The van der Waals surface area contributed by atoms with E-state index in [0.717, 1.165) is 5.56 Å². The van der Waals surface area contributed by atoms with Gasteiger partial charge in [0.2, 0.25) is 0 Å². The number of nitrogens with zero attached hydrogens (tertiary/aromatic N) is 3. The van der Waals surface area contributed by atoms with E-state index >= 15 is 0 Å². The Morgan fingerprint density at radius 3 is 2.50 bits per heavy atom. The van der Waals surface area contributed by atoms with Crippen LogP contribution in [0.2, 0.25) is 0 Å². The summed E-state index contributed by atoms with van der Waals surface area (Å²) < 4.78 is 10.2. The van der Waals surface area contributed by atoms with Crippen molar-refractivity contribution >= 4 is 5.69 Å². The van der Waals surface area contributed by atoms with Crippen LogP contribution in [0.1, 0.15) is 17.2 Å². The van der Waals surface area contributed by atoms with Gasteiger partial charge in [-0.15, -0.1) is 0 Å². The third kappa shape index (κ3) is 2.94. The minimum absolute atomic E-state index is 0.167. The summed E-state index contributed by atoms with van der Waals surface area (Å²) in [6, 6.07) is 5.66. The van der Waals surface area contributed by atoms with Crippen molar-refractivity contribution in [1.82, 2.24) is 15.0 Å². The monoisotopic (exact) mass is 276 g/mol. The van der Waals surface area contributed by atoms with Crippen LogP contribution in [0.5, 0.6) is 11.8 Å². The third-order valence-corrected chi connectivity index (χ3v) is 2.76. The summed E-state index contributed by atoms with van der Waals surface area (Å²) in [4.78, 5) is 12.2. The molecule has 0 aliphatic rings. The van der Waals surface area contributed by atoms with Crippen LogP contribution in [0.4, 0.5) is 5.69 Å². The number of hydrogen-bond acceptors (Lipinski definition) is 7. The molecule has 3 N–H and O–H groups in total. The molecular weight excluding hydrogens is 260 g/mol. The predicted molar refractivity (Wildman–Crippen MR) is 72.5 cm³/mol. The smallest absolute Gasteiger partial charge is 0.319 e. The van der Waals surface area contributed by atoms with Crippen LogP contribution in [-0.4, -0.2) is 34.3 Å². The molecule has 0 aliphatic carbocycles. The van der Waals surface area contributed by atoms with Crippen molar-refractivity contribution in [2.45, 2.75) is 13.0 Å². The lowest BCUT2D eigenvalue weighted by Crippen LogP contribution is -2.07. The first-order chi connectivity index (χ1) is 9.67. The molecule has 0 saturated carbocycles. The Morgan fingerprint density at radius 1 is 1.10 bits per heavy atom. The Kier molecular flexibility index (Phi) is 4.31. The van der Waals surface area contributed by atoms with Gasteiger partial charge >= 0.3 is 6.01 Å². The maximum atomic E-state index is 9.13. The van der Waals surface area contributed by atoms with Gasteiger partial charge in [-0.25, -0.2) is 4.98 Å². The molecule has 0 aliphatic heterocycles. The zero-order chi connectivity index (χ0) is 14.5. The molecule has 20 heavy (non-hydrogen) atoms. The van der Waals surface area contributed by atoms with Crippen LogP contribution in [0.25, 0.3) is 0 Å². The average molecular weight is 276 g/mol. The highest BCUT2D eigenvalue weighted by molar-refractivity contribution is 5.59. The summed E-state index contributed by atoms with van der Waals surface area (Å²) in [6.45, 7) is -0.278. The lowest BCUT2D eigenvalue weighted by Gasteiger charge is -2.10. The highest BCUT2D eigenvalue weighted by Crippen LogP contribution is 2.26. The number of nitrogen functional groups attached to an aromatic ring is 1. The molecule has 2 rings (SSSR count). The van der Waals surface area contributed by atoms with Crippen LogP contribution in [-0.2, 0) is 13.0 Å². The van der Waals surface area contributed by atoms with Gasteiger partial charge in [-0.3, -0.25) is 0 Å². The Labute approximate surface area is 116 Å². The molecule has 0 saturated heterocycles. The first-order valence-corrected chi connectivity index (χ1v) is 5.98. The molecule has 1 aromatic carbocycles. The van der Waals surface area contributed by atoms with Crippen LogP contribution < -0.4 is 15.2 Å². The Morgan fingerprint density at radius 2 is 1.85 bits per heavy atom. The van der Waals surface area contributed by atoms with E-state index in [0.29, 0.717) is 23.7 Å². The quantitative estimate of drug-likeness (QED) is 0.769. The fourth-order valence-corrected chi connectivity index (χ4v) is 1.78. The lowest BCUT2D eigenvalue weighted by atomic mass is 10.1. The maximum absolute atomic E-state index is 9.13. The molecule has 0 unspecified atom stereocenters. The van der Waals surface area contributed by atoms with Crippen LogP contribution >= 0.6 is 0 Å². The van der Waals surface area contributed by atoms with Crippen molar-refractivity contribution in [2.24, 2.45) is 0 Å². The molecule has 0 amide bonds. The second-order valence-electron chi connectivity index (χ2n) is 4.02. The number of aromatic nitrogens is 3. The highest BCUT2D eigenvalue weighted by Gasteiger charge is 2.11. The van der Waals surface area contributed by atoms with E-state index in [9.17, 15) is 0 Å². The standard InChI is InChI=1S/C13H16N4O3/c1-19-9-5-3-4-8(12(9)14)6-10-15-11(7-18)17-13(16-10)20-2/h3-5,18H,6-7,14H2,1-2H3. The molecule has 1 heterocycles. The van der Waals surface area contributed by atoms with Gasteiger partial charge in [-0.2, -0.15) is 9.97 Å². The van der Waals surface area contributed by atoms with Crippen molar-refractivity contribution in [3.8, 4) is 11.8 Å². The maximum Gasteiger partial charge on any atom is 0.319 e. The molecule has 2 aromatic rings. The fourth-order valence-electron chi connectivity index (χ4n) is 1.78. The molecule has 0 atom stereocenters. The van der Waals surface area contributed by atoms with E-state index in [2.05, 4.69) is 15.0 Å². The minimum atomic E-state index is -0.278. The summed E-state index contributed by atoms with van der Waals surface area (Å²) >= 11 is 0. The zero-order valence-electron chi connectivity index (χ0n) is 11.3. The number of nitrogens with two attached hydrogens (primary N) is 1. The lowest BCUT2D eigenvalue weighted by molar-refractivity contribution is 0.266. The normalized spacial score (nSPS) is 10.3. The number of methoxy groups -OCH3 is 2. The molecule has 0 radical (unpaired) electrons. The van der Waals surface area contributed by atoms with Crippen LogP contribution in [0.15, 0.2) is 18.2 Å². The number of para-hydroxylation sites is 1. The molecule has 7 nitrogen and oxygen atoms in total. The van der Waals surface area contributed by atoms with Crippen molar-refractivity contribution in [1.29, 1.82) is 0 Å². The number of aliphatic hydroxyl groups is 1. The summed E-state index contributed by atoms with van der Waals surface area (Å²) in [5.41, 5.74) is 7.38. The molecule has 0 bridgehead atoms. The topological polar surface area (TPSA) is 103 Å². The van der Waals surface area contributed by atoms with Crippen molar-refractivity contribution in [2.75, 3.05) is 20.0 Å². The number of aliphatic hydroxyl groups excluding tert-OH is 1. The Hall–Kier alpha value is -2.41. The number of anilines is 1. The first kappa shape index (κ1) is 14.0. The fraction of sp³-hybridized carbons (Fsp3) is 0.308. The summed E-state index contributed by atoms with van der Waals surface area (Å²) in [5, 5.41) is 9.13. The summed E-state index contributed by atoms with van der Waals surface area (Å²) in [7, 11) is 3.02. The van der Waals surface area contributed by atoms with E-state index in [1.165, 1.54) is 7.11 Å². The SMILES string of the molecule is COc1nc(CO)nc(Cc2cccc(OC)c2N)n1. The molecule has 0 fully saturated rings. The Balaban J connectivity index is 2.34. The zero-order valence-corrected chi connectivity index (χ0v) is 11.3. The van der Waals surface area contributed by atoms with Gasteiger partial charge in [0.1, 0.15) is 18.2 Å². The minimum Gasteiger partial charge on any atom is -0.495 e. The average Bonchev–Trinajstić information content (AvgIpc) is 2.49. The van der Waals surface area contributed by atoms with Crippen LogP contribution in [0, 0.1) is 0 Å². The number of ether oxygens (including phenoxy) is 2. The molecular formula is C13H16N4O3. The molecule has 1 aromatic heterocycles. The highest BCUT2D eigenvalue weighted by atomic mass is 16.5. The molecule has 7 heteroatoms. The van der Waals surface area contributed by atoms with Gasteiger partial charge in [0.25, 0.3) is 0 Å². The van der Waals surface area contributed by atoms with Gasteiger partial charge in [-0.1, -0.05) is 12.1 Å². The largest absolute Gasteiger partial charge is 0.495 e. The number of hydrogen-bond donors (Lipinski definition) is 2. The second kappa shape index (κ2) is 6.16. The van der Waals surface area contributed by atoms with Gasteiger partial charge in [0.15, 0.2) is 5.82 Å². The van der Waals surface area contributed by atoms with E-state index in [1.54, 1.807) is 13.2 Å². The van der Waals surface area contributed by atoms with E-state index in [1.807, 2.05) is 12.1 Å². The van der Waals surface area contributed by atoms with E-state index in [-0.39, 0.29) is 18.4 Å². The van der Waals surface area contributed by atoms with Crippen LogP contribution in [0.3, 0.4) is 0 Å². The molecule has 106 valence electrons. The predicted octanol–water partition coefficient (Wildman–Crippen LogP) is 0.554. The Bertz CT molecular complexity index is 582. The van der Waals surface area contributed by atoms with E-state index in [4.69, 9.17) is 20.3 Å². The van der Waals surface area contributed by atoms with E-state index < -0.39 is 0 Å².